The molecule has 0 spiro atoms. The molecule has 2 aromatic carbocycles. The molecule has 0 radical (unpaired) electrons. The summed E-state index contributed by atoms with van der Waals surface area (Å²) in [6.45, 7) is 2.12. The standard InChI is InChI=1S/C25H28N2O2/c1-19(28)27-22-14-15-23(27)25(18-22,17-21-11-6-3-7-12-21)24(29)26-16-8-13-20-9-4-2-5-10-20/h2-13,22-23H,14-18H2,1H3,(H,26,29)/t22-,23+,25+/m0/s1. The number of nitrogens with zero attached hydrogens (tertiary/aromatic N) is 1. The van der Waals surface area contributed by atoms with Gasteiger partial charge in [-0.3, -0.25) is 9.59 Å². The second-order valence-electron chi connectivity index (χ2n) is 8.22. The number of carbonyl (C=O) groups is 2. The van der Waals surface area contributed by atoms with Crippen molar-refractivity contribution in [3.05, 3.63) is 77.9 Å². The number of benzene rings is 2. The molecule has 0 aromatic heterocycles. The first-order valence-corrected chi connectivity index (χ1v) is 10.4. The zero-order valence-corrected chi connectivity index (χ0v) is 16.9. The normalized spacial score (nSPS) is 25.5. The topological polar surface area (TPSA) is 49.4 Å². The minimum Gasteiger partial charge on any atom is -0.352 e. The first-order valence-electron chi connectivity index (χ1n) is 10.4. The van der Waals surface area contributed by atoms with Crippen molar-refractivity contribution in [3.63, 3.8) is 0 Å². The van der Waals surface area contributed by atoms with Gasteiger partial charge in [0.15, 0.2) is 0 Å². The monoisotopic (exact) mass is 388 g/mol. The van der Waals surface area contributed by atoms with Crippen LogP contribution in [0.1, 0.15) is 37.3 Å². The Morgan fingerprint density at radius 3 is 2.41 bits per heavy atom. The average Bonchev–Trinajstić information content (AvgIpc) is 3.29. The smallest absolute Gasteiger partial charge is 0.228 e. The summed E-state index contributed by atoms with van der Waals surface area (Å²) < 4.78 is 0. The Balaban J connectivity index is 1.52. The van der Waals surface area contributed by atoms with Gasteiger partial charge < -0.3 is 10.2 Å². The van der Waals surface area contributed by atoms with Crippen LogP contribution in [0, 0.1) is 5.41 Å². The van der Waals surface area contributed by atoms with Gasteiger partial charge >= 0.3 is 0 Å². The van der Waals surface area contributed by atoms with Crippen molar-refractivity contribution in [2.45, 2.75) is 44.7 Å². The Bertz CT molecular complexity index is 894. The Hall–Kier alpha value is -2.88. The third-order valence-electron chi connectivity index (χ3n) is 6.41. The van der Waals surface area contributed by atoms with E-state index in [1.807, 2.05) is 65.6 Å². The molecule has 2 aliphatic heterocycles. The number of amides is 2. The molecule has 3 atom stereocenters. The van der Waals surface area contributed by atoms with Gasteiger partial charge in [-0.1, -0.05) is 72.8 Å². The molecule has 29 heavy (non-hydrogen) atoms. The summed E-state index contributed by atoms with van der Waals surface area (Å²) in [5, 5.41) is 3.14. The van der Waals surface area contributed by atoms with Crippen molar-refractivity contribution in [3.8, 4) is 0 Å². The lowest BCUT2D eigenvalue weighted by Crippen LogP contribution is -2.51. The van der Waals surface area contributed by atoms with Gasteiger partial charge in [0.2, 0.25) is 11.8 Å². The largest absolute Gasteiger partial charge is 0.352 e. The minimum absolute atomic E-state index is 0.0108. The van der Waals surface area contributed by atoms with E-state index >= 15 is 0 Å². The van der Waals surface area contributed by atoms with Crippen molar-refractivity contribution in [2.75, 3.05) is 6.54 Å². The molecule has 2 aromatic rings. The van der Waals surface area contributed by atoms with E-state index in [0.717, 1.165) is 30.4 Å². The van der Waals surface area contributed by atoms with Gasteiger partial charge in [0.1, 0.15) is 0 Å². The fourth-order valence-electron chi connectivity index (χ4n) is 5.22. The number of rotatable bonds is 6. The lowest BCUT2D eigenvalue weighted by molar-refractivity contribution is -0.135. The third kappa shape index (κ3) is 3.84. The second-order valence-corrected chi connectivity index (χ2v) is 8.22. The quantitative estimate of drug-likeness (QED) is 0.818. The van der Waals surface area contributed by atoms with E-state index in [1.54, 1.807) is 6.92 Å². The molecule has 4 heteroatoms. The van der Waals surface area contributed by atoms with Gasteiger partial charge in [0.25, 0.3) is 0 Å². The highest BCUT2D eigenvalue weighted by molar-refractivity contribution is 5.87. The summed E-state index contributed by atoms with van der Waals surface area (Å²) >= 11 is 0. The van der Waals surface area contributed by atoms with Crippen LogP contribution >= 0.6 is 0 Å². The molecule has 0 unspecified atom stereocenters. The summed E-state index contributed by atoms with van der Waals surface area (Å²) in [5.41, 5.74) is 1.72. The molecule has 1 N–H and O–H groups in total. The SMILES string of the molecule is CC(=O)N1[C@H]2CC[C@@H]1[C@](Cc1ccccc1)(C(=O)NCC=Cc1ccccc1)C2. The van der Waals surface area contributed by atoms with Crippen LogP contribution in [0.4, 0.5) is 0 Å². The van der Waals surface area contributed by atoms with Gasteiger partial charge in [-0.25, -0.2) is 0 Å². The second kappa shape index (κ2) is 8.24. The molecule has 2 bridgehead atoms. The number of hydrogen-bond acceptors (Lipinski definition) is 2. The number of hydrogen-bond donors (Lipinski definition) is 1. The van der Waals surface area contributed by atoms with Gasteiger partial charge in [0, 0.05) is 25.6 Å². The fraction of sp³-hybridized carbons (Fsp3) is 0.360. The molecular formula is C25H28N2O2. The Labute approximate surface area is 172 Å². The van der Waals surface area contributed by atoms with Gasteiger partial charge in [-0.2, -0.15) is 0 Å². The van der Waals surface area contributed by atoms with Gasteiger partial charge in [0.05, 0.1) is 5.41 Å². The summed E-state index contributed by atoms with van der Waals surface area (Å²) in [7, 11) is 0. The maximum atomic E-state index is 13.5. The molecule has 4 nitrogen and oxygen atoms in total. The highest BCUT2D eigenvalue weighted by Crippen LogP contribution is 2.51. The van der Waals surface area contributed by atoms with Crippen LogP contribution in [0.3, 0.4) is 0 Å². The zero-order chi connectivity index (χ0) is 20.3. The first-order chi connectivity index (χ1) is 14.1. The van der Waals surface area contributed by atoms with Gasteiger partial charge in [-0.15, -0.1) is 0 Å². The van der Waals surface area contributed by atoms with Crippen molar-refractivity contribution < 1.29 is 9.59 Å². The van der Waals surface area contributed by atoms with Crippen LogP contribution in [-0.4, -0.2) is 35.3 Å². The summed E-state index contributed by atoms with van der Waals surface area (Å²) in [4.78, 5) is 27.7. The lowest BCUT2D eigenvalue weighted by atomic mass is 9.69. The average molecular weight is 389 g/mol. The number of fused-ring (bicyclic) bond motifs is 2. The predicted molar refractivity (Wildman–Crippen MR) is 115 cm³/mol. The van der Waals surface area contributed by atoms with Crippen LogP contribution in [0.15, 0.2) is 66.7 Å². The molecule has 4 rings (SSSR count). The van der Waals surface area contributed by atoms with Crippen LogP contribution in [0.5, 0.6) is 0 Å². The van der Waals surface area contributed by atoms with Crippen LogP contribution in [0.2, 0.25) is 0 Å². The molecule has 2 saturated heterocycles. The van der Waals surface area contributed by atoms with Crippen molar-refractivity contribution in [1.82, 2.24) is 10.2 Å². The predicted octanol–water partition coefficient (Wildman–Crippen LogP) is 3.83. The summed E-state index contributed by atoms with van der Waals surface area (Å²) in [6, 6.07) is 20.4. The summed E-state index contributed by atoms with van der Waals surface area (Å²) in [6.07, 6.45) is 7.34. The molecule has 0 aliphatic carbocycles. The highest BCUT2D eigenvalue weighted by atomic mass is 16.2. The molecular weight excluding hydrogens is 360 g/mol. The van der Waals surface area contributed by atoms with Gasteiger partial charge in [-0.05, 0) is 36.8 Å². The Kier molecular flexibility index (Phi) is 5.52. The molecule has 2 heterocycles. The minimum atomic E-state index is -0.545. The van der Waals surface area contributed by atoms with Crippen molar-refractivity contribution >= 4 is 17.9 Å². The van der Waals surface area contributed by atoms with E-state index in [9.17, 15) is 9.59 Å². The Morgan fingerprint density at radius 2 is 1.76 bits per heavy atom. The number of carbonyl (C=O) groups excluding carboxylic acids is 2. The summed E-state index contributed by atoms with van der Waals surface area (Å²) in [5.74, 6) is 0.154. The first kappa shape index (κ1) is 19.4. The number of nitrogens with one attached hydrogen (secondary N) is 1. The maximum absolute atomic E-state index is 13.5. The maximum Gasteiger partial charge on any atom is 0.228 e. The molecule has 0 saturated carbocycles. The van der Waals surface area contributed by atoms with E-state index in [0.29, 0.717) is 13.0 Å². The van der Waals surface area contributed by atoms with E-state index in [1.165, 1.54) is 0 Å². The third-order valence-corrected chi connectivity index (χ3v) is 6.41. The van der Waals surface area contributed by atoms with E-state index < -0.39 is 5.41 Å². The molecule has 2 fully saturated rings. The van der Waals surface area contributed by atoms with E-state index in [2.05, 4.69) is 17.4 Å². The van der Waals surface area contributed by atoms with Crippen molar-refractivity contribution in [1.29, 1.82) is 0 Å². The van der Waals surface area contributed by atoms with Crippen molar-refractivity contribution in [2.24, 2.45) is 5.41 Å². The van der Waals surface area contributed by atoms with E-state index in [4.69, 9.17) is 0 Å². The van der Waals surface area contributed by atoms with Crippen LogP contribution in [0.25, 0.3) is 6.08 Å². The van der Waals surface area contributed by atoms with Crippen LogP contribution < -0.4 is 5.32 Å². The Morgan fingerprint density at radius 1 is 1.07 bits per heavy atom. The van der Waals surface area contributed by atoms with Crippen LogP contribution in [-0.2, 0) is 16.0 Å². The lowest BCUT2D eigenvalue weighted by Gasteiger charge is -2.36. The van der Waals surface area contributed by atoms with E-state index in [-0.39, 0.29) is 23.9 Å². The highest BCUT2D eigenvalue weighted by Gasteiger charge is 2.60. The fourth-order valence-corrected chi connectivity index (χ4v) is 5.22. The molecule has 2 amide bonds. The molecule has 150 valence electrons. The zero-order valence-electron chi connectivity index (χ0n) is 16.9. The molecule has 2 aliphatic rings.